The van der Waals surface area contributed by atoms with Crippen LogP contribution in [0.15, 0.2) is 24.3 Å². The predicted octanol–water partition coefficient (Wildman–Crippen LogP) is 3.34. The van der Waals surface area contributed by atoms with E-state index in [4.69, 9.17) is 0 Å². The van der Waals surface area contributed by atoms with Crippen molar-refractivity contribution in [3.8, 4) is 0 Å². The minimum atomic E-state index is -0.202. The minimum Gasteiger partial charge on any atom is -0.396 e. The Labute approximate surface area is 90.9 Å². The van der Waals surface area contributed by atoms with Crippen LogP contribution in [-0.4, -0.2) is 11.7 Å². The molecule has 1 aromatic rings. The van der Waals surface area contributed by atoms with Gasteiger partial charge in [-0.3, -0.25) is 0 Å². The highest BCUT2D eigenvalue weighted by molar-refractivity contribution is 5.20. The zero-order valence-electron chi connectivity index (χ0n) is 9.63. The zero-order chi connectivity index (χ0) is 11.5. The van der Waals surface area contributed by atoms with Gasteiger partial charge in [0.1, 0.15) is 5.82 Å². The number of hydrogen-bond acceptors (Lipinski definition) is 1. The van der Waals surface area contributed by atoms with Gasteiger partial charge in [0, 0.05) is 6.61 Å². The summed E-state index contributed by atoms with van der Waals surface area (Å²) in [5.74, 6) is 0.139. The topological polar surface area (TPSA) is 20.2 Å². The van der Waals surface area contributed by atoms with E-state index in [2.05, 4.69) is 6.92 Å². The average Bonchev–Trinajstić information content (AvgIpc) is 2.18. The second-order valence-electron chi connectivity index (χ2n) is 4.98. The van der Waals surface area contributed by atoms with Crippen LogP contribution >= 0.6 is 0 Å². The predicted molar refractivity (Wildman–Crippen MR) is 60.3 cm³/mol. The number of hydrogen-bond donors (Lipinski definition) is 1. The average molecular weight is 210 g/mol. The third-order valence-electron chi connectivity index (χ3n) is 2.73. The van der Waals surface area contributed by atoms with E-state index >= 15 is 0 Å². The summed E-state index contributed by atoms with van der Waals surface area (Å²) in [5, 5.41) is 9.17. The van der Waals surface area contributed by atoms with E-state index < -0.39 is 0 Å². The molecule has 1 N–H and O–H groups in total. The summed E-state index contributed by atoms with van der Waals surface area (Å²) < 4.78 is 12.7. The van der Waals surface area contributed by atoms with Gasteiger partial charge in [-0.15, -0.1) is 0 Å². The maximum atomic E-state index is 12.7. The van der Waals surface area contributed by atoms with E-state index in [1.165, 1.54) is 12.1 Å². The molecule has 84 valence electrons. The fourth-order valence-electron chi connectivity index (χ4n) is 1.80. The molecule has 0 amide bonds. The van der Waals surface area contributed by atoms with E-state index in [0.717, 1.165) is 12.0 Å². The monoisotopic (exact) mass is 210 g/mol. The molecule has 0 bridgehead atoms. The number of aliphatic hydroxyl groups is 1. The summed E-state index contributed by atoms with van der Waals surface area (Å²) >= 11 is 0. The molecule has 1 aromatic carbocycles. The smallest absolute Gasteiger partial charge is 0.123 e. The standard InChI is InChI=1S/C13H19FO/c1-10(8-13(2,3)9-15)11-4-6-12(14)7-5-11/h4-7,10,15H,8-9H2,1-3H3. The van der Waals surface area contributed by atoms with Crippen molar-refractivity contribution in [1.29, 1.82) is 0 Å². The molecule has 0 aliphatic rings. The Balaban J connectivity index is 2.69. The normalized spacial score (nSPS) is 13.9. The van der Waals surface area contributed by atoms with Crippen molar-refractivity contribution in [2.75, 3.05) is 6.61 Å². The first-order chi connectivity index (χ1) is 6.94. The van der Waals surface area contributed by atoms with Gasteiger partial charge < -0.3 is 5.11 Å². The fourth-order valence-corrected chi connectivity index (χ4v) is 1.80. The molecule has 1 atom stereocenters. The molecule has 0 saturated carbocycles. The third kappa shape index (κ3) is 3.63. The number of benzene rings is 1. The van der Waals surface area contributed by atoms with Crippen LogP contribution in [0.5, 0.6) is 0 Å². The van der Waals surface area contributed by atoms with Gasteiger partial charge >= 0.3 is 0 Å². The fraction of sp³-hybridized carbons (Fsp3) is 0.538. The zero-order valence-corrected chi connectivity index (χ0v) is 9.63. The molecule has 0 spiro atoms. The summed E-state index contributed by atoms with van der Waals surface area (Å²) in [6, 6.07) is 6.59. The molecule has 15 heavy (non-hydrogen) atoms. The maximum absolute atomic E-state index is 12.7. The molecule has 0 aliphatic carbocycles. The minimum absolute atomic E-state index is 0.0756. The van der Waals surface area contributed by atoms with Crippen molar-refractivity contribution < 1.29 is 9.50 Å². The molecular weight excluding hydrogens is 191 g/mol. The van der Waals surface area contributed by atoms with Crippen molar-refractivity contribution in [3.63, 3.8) is 0 Å². The van der Waals surface area contributed by atoms with Crippen molar-refractivity contribution in [3.05, 3.63) is 35.6 Å². The second-order valence-corrected chi connectivity index (χ2v) is 4.98. The van der Waals surface area contributed by atoms with Crippen molar-refractivity contribution in [2.45, 2.75) is 33.1 Å². The SMILES string of the molecule is CC(CC(C)(C)CO)c1ccc(F)cc1. The summed E-state index contributed by atoms with van der Waals surface area (Å²) in [7, 11) is 0. The molecule has 0 aliphatic heterocycles. The Kier molecular flexibility index (Phi) is 3.86. The first-order valence-electron chi connectivity index (χ1n) is 5.31. The first kappa shape index (κ1) is 12.2. The lowest BCUT2D eigenvalue weighted by Crippen LogP contribution is -2.19. The first-order valence-corrected chi connectivity index (χ1v) is 5.31. The maximum Gasteiger partial charge on any atom is 0.123 e. The van der Waals surface area contributed by atoms with Crippen LogP contribution in [0.1, 0.15) is 38.7 Å². The van der Waals surface area contributed by atoms with Gasteiger partial charge in [0.2, 0.25) is 0 Å². The van der Waals surface area contributed by atoms with Gasteiger partial charge in [-0.05, 0) is 35.4 Å². The van der Waals surface area contributed by atoms with E-state index in [0.29, 0.717) is 5.92 Å². The van der Waals surface area contributed by atoms with E-state index in [9.17, 15) is 9.50 Å². The van der Waals surface area contributed by atoms with Gasteiger partial charge in [0.15, 0.2) is 0 Å². The highest BCUT2D eigenvalue weighted by Crippen LogP contribution is 2.30. The Bertz CT molecular complexity index is 303. The summed E-state index contributed by atoms with van der Waals surface area (Å²) in [4.78, 5) is 0. The largest absolute Gasteiger partial charge is 0.396 e. The molecular formula is C13H19FO. The highest BCUT2D eigenvalue weighted by atomic mass is 19.1. The van der Waals surface area contributed by atoms with Gasteiger partial charge in [-0.25, -0.2) is 4.39 Å². The van der Waals surface area contributed by atoms with Crippen LogP contribution < -0.4 is 0 Å². The van der Waals surface area contributed by atoms with Crippen LogP contribution in [-0.2, 0) is 0 Å². The third-order valence-corrected chi connectivity index (χ3v) is 2.73. The van der Waals surface area contributed by atoms with Crippen LogP contribution in [0.2, 0.25) is 0 Å². The quantitative estimate of drug-likeness (QED) is 0.808. The lowest BCUT2D eigenvalue weighted by Gasteiger charge is -2.25. The molecule has 2 heteroatoms. The Morgan fingerprint density at radius 3 is 2.27 bits per heavy atom. The van der Waals surface area contributed by atoms with E-state index in [-0.39, 0.29) is 17.8 Å². The molecule has 0 radical (unpaired) electrons. The molecule has 0 saturated heterocycles. The number of halogens is 1. The summed E-state index contributed by atoms with van der Waals surface area (Å²) in [6.07, 6.45) is 0.898. The van der Waals surface area contributed by atoms with Gasteiger partial charge in [0.05, 0.1) is 0 Å². The Hall–Kier alpha value is -0.890. The van der Waals surface area contributed by atoms with Gasteiger partial charge in [-0.2, -0.15) is 0 Å². The van der Waals surface area contributed by atoms with Gasteiger partial charge in [-0.1, -0.05) is 32.9 Å². The van der Waals surface area contributed by atoms with E-state index in [1.54, 1.807) is 0 Å². The summed E-state index contributed by atoms with van der Waals surface area (Å²) in [6.45, 7) is 6.35. The molecule has 1 unspecified atom stereocenters. The van der Waals surface area contributed by atoms with Gasteiger partial charge in [0.25, 0.3) is 0 Å². The Morgan fingerprint density at radius 2 is 1.80 bits per heavy atom. The molecule has 1 rings (SSSR count). The molecule has 1 nitrogen and oxygen atoms in total. The molecule has 0 heterocycles. The van der Waals surface area contributed by atoms with E-state index in [1.807, 2.05) is 26.0 Å². The van der Waals surface area contributed by atoms with Crippen molar-refractivity contribution >= 4 is 0 Å². The second kappa shape index (κ2) is 4.75. The highest BCUT2D eigenvalue weighted by Gasteiger charge is 2.20. The molecule has 0 aromatic heterocycles. The molecule has 0 fully saturated rings. The summed E-state index contributed by atoms with van der Waals surface area (Å²) in [5.41, 5.74) is 1.05. The van der Waals surface area contributed by atoms with Crippen LogP contribution in [0.25, 0.3) is 0 Å². The lowest BCUT2D eigenvalue weighted by atomic mass is 9.81. The van der Waals surface area contributed by atoms with Crippen molar-refractivity contribution in [1.82, 2.24) is 0 Å². The van der Waals surface area contributed by atoms with Crippen LogP contribution in [0, 0.1) is 11.2 Å². The lowest BCUT2D eigenvalue weighted by molar-refractivity contribution is 0.143. The van der Waals surface area contributed by atoms with Crippen LogP contribution in [0.3, 0.4) is 0 Å². The Morgan fingerprint density at radius 1 is 1.27 bits per heavy atom. The number of aliphatic hydroxyl groups excluding tert-OH is 1. The number of rotatable bonds is 4. The van der Waals surface area contributed by atoms with Crippen LogP contribution in [0.4, 0.5) is 4.39 Å². The van der Waals surface area contributed by atoms with Crippen molar-refractivity contribution in [2.24, 2.45) is 5.41 Å².